The molecule has 1 aliphatic heterocycles. The summed E-state index contributed by atoms with van der Waals surface area (Å²) in [6.07, 6.45) is 7.26. The van der Waals surface area contributed by atoms with Crippen LogP contribution in [0.15, 0.2) is 36.0 Å². The molecule has 1 aliphatic carbocycles. The number of rotatable bonds is 3. The standard InChI is InChI=1S/C20H24N2O2S2/c1-21-11-13(19(23)24-3)14-10-16(21)17-12-8-6-7-9-15(12)22(2)18(17)20(14,25-4)26-5/h6-9,11,14,16H,10H2,1-5H3. The monoisotopic (exact) mass is 388 g/mol. The number of esters is 1. The Bertz CT molecular complexity index is 914. The second-order valence-electron chi connectivity index (χ2n) is 6.96. The zero-order valence-corrected chi connectivity index (χ0v) is 17.4. The van der Waals surface area contributed by atoms with Crippen molar-refractivity contribution in [3.05, 3.63) is 47.3 Å². The predicted molar refractivity (Wildman–Crippen MR) is 110 cm³/mol. The molecule has 0 saturated carbocycles. The third-order valence-electron chi connectivity index (χ3n) is 5.96. The van der Waals surface area contributed by atoms with Crippen molar-refractivity contribution in [3.8, 4) is 0 Å². The fourth-order valence-electron chi connectivity index (χ4n) is 4.82. The van der Waals surface area contributed by atoms with E-state index >= 15 is 0 Å². The zero-order chi connectivity index (χ0) is 18.6. The van der Waals surface area contributed by atoms with Crippen molar-refractivity contribution < 1.29 is 9.53 Å². The molecule has 2 heterocycles. The molecular formula is C20H24N2O2S2. The van der Waals surface area contributed by atoms with Gasteiger partial charge in [-0.2, -0.15) is 0 Å². The first-order valence-electron chi connectivity index (χ1n) is 8.70. The van der Waals surface area contributed by atoms with Gasteiger partial charge >= 0.3 is 5.97 Å². The van der Waals surface area contributed by atoms with Crippen LogP contribution in [0.4, 0.5) is 0 Å². The molecule has 0 radical (unpaired) electrons. The normalized spacial score (nSPS) is 23.6. The van der Waals surface area contributed by atoms with Crippen molar-refractivity contribution in [1.82, 2.24) is 9.47 Å². The van der Waals surface area contributed by atoms with Crippen LogP contribution in [0.3, 0.4) is 0 Å². The number of para-hydroxylation sites is 1. The summed E-state index contributed by atoms with van der Waals surface area (Å²) < 4.78 is 7.26. The molecule has 2 aromatic rings. The Balaban J connectivity index is 2.07. The lowest BCUT2D eigenvalue weighted by atomic mass is 9.75. The molecule has 1 aromatic carbocycles. The number of hydrogen-bond donors (Lipinski definition) is 0. The van der Waals surface area contributed by atoms with Gasteiger partial charge in [-0.15, -0.1) is 23.5 Å². The molecule has 138 valence electrons. The number of ether oxygens (including phenoxy) is 1. The van der Waals surface area contributed by atoms with E-state index in [-0.39, 0.29) is 22.0 Å². The van der Waals surface area contributed by atoms with Gasteiger partial charge in [-0.25, -0.2) is 4.79 Å². The van der Waals surface area contributed by atoms with Crippen molar-refractivity contribution in [2.24, 2.45) is 13.0 Å². The third-order valence-corrected chi connectivity index (χ3v) is 9.13. The van der Waals surface area contributed by atoms with E-state index in [0.29, 0.717) is 0 Å². The summed E-state index contributed by atoms with van der Waals surface area (Å²) in [5.41, 5.74) is 4.78. The number of carbonyl (C=O) groups excluding carboxylic acids is 1. The van der Waals surface area contributed by atoms with Gasteiger partial charge < -0.3 is 14.2 Å². The van der Waals surface area contributed by atoms with Crippen LogP contribution in [-0.2, 0) is 20.7 Å². The highest BCUT2D eigenvalue weighted by Crippen LogP contribution is 2.63. The van der Waals surface area contributed by atoms with Gasteiger partial charge in [0, 0.05) is 42.7 Å². The smallest absolute Gasteiger partial charge is 0.335 e. The first-order valence-corrected chi connectivity index (χ1v) is 11.1. The molecule has 2 atom stereocenters. The SMILES string of the molecule is COC(=O)C1=CN(C)C2CC1C(SC)(SC)c1c2c2ccccc2n1C. The number of benzene rings is 1. The average Bonchev–Trinajstić information content (AvgIpc) is 2.98. The van der Waals surface area contributed by atoms with Gasteiger partial charge in [0.2, 0.25) is 0 Å². The lowest BCUT2D eigenvalue weighted by Crippen LogP contribution is -2.45. The molecule has 4 nitrogen and oxygen atoms in total. The third kappa shape index (κ3) is 2.15. The Hall–Kier alpha value is -1.53. The van der Waals surface area contributed by atoms with Crippen LogP contribution >= 0.6 is 23.5 Å². The van der Waals surface area contributed by atoms with E-state index in [0.717, 1.165) is 12.0 Å². The molecule has 0 fully saturated rings. The Kier molecular flexibility index (Phi) is 4.31. The van der Waals surface area contributed by atoms with Crippen molar-refractivity contribution >= 4 is 40.4 Å². The Morgan fingerprint density at radius 1 is 1.23 bits per heavy atom. The molecule has 6 heteroatoms. The van der Waals surface area contributed by atoms with E-state index in [1.54, 1.807) is 0 Å². The lowest BCUT2D eigenvalue weighted by molar-refractivity contribution is -0.137. The number of aromatic nitrogens is 1. The molecule has 2 bridgehead atoms. The Morgan fingerprint density at radius 3 is 2.58 bits per heavy atom. The summed E-state index contributed by atoms with van der Waals surface area (Å²) >= 11 is 3.68. The molecule has 4 rings (SSSR count). The number of methoxy groups -OCH3 is 1. The topological polar surface area (TPSA) is 34.5 Å². The van der Waals surface area contributed by atoms with E-state index in [4.69, 9.17) is 4.74 Å². The molecule has 2 unspecified atom stereocenters. The van der Waals surface area contributed by atoms with E-state index in [2.05, 4.69) is 60.3 Å². The fourth-order valence-corrected chi connectivity index (χ4v) is 7.38. The van der Waals surface area contributed by atoms with Crippen LogP contribution in [0.25, 0.3) is 10.9 Å². The number of nitrogens with zero attached hydrogens (tertiary/aromatic N) is 2. The van der Waals surface area contributed by atoms with Gasteiger partial charge in [0.15, 0.2) is 0 Å². The molecule has 0 N–H and O–H groups in total. The maximum atomic E-state index is 12.6. The molecule has 1 aromatic heterocycles. The van der Waals surface area contributed by atoms with Crippen LogP contribution in [0, 0.1) is 5.92 Å². The summed E-state index contributed by atoms with van der Waals surface area (Å²) in [5, 5.41) is 1.32. The first kappa shape index (κ1) is 17.9. The lowest BCUT2D eigenvalue weighted by Gasteiger charge is -2.50. The highest BCUT2D eigenvalue weighted by Gasteiger charge is 2.54. The van der Waals surface area contributed by atoms with E-state index in [9.17, 15) is 4.79 Å². The molecule has 0 amide bonds. The molecule has 0 spiro atoms. The van der Waals surface area contributed by atoms with Crippen molar-refractivity contribution in [3.63, 3.8) is 0 Å². The minimum Gasteiger partial charge on any atom is -0.466 e. The van der Waals surface area contributed by atoms with Crippen LogP contribution in [-0.4, -0.2) is 42.1 Å². The maximum Gasteiger partial charge on any atom is 0.335 e. The van der Waals surface area contributed by atoms with Crippen LogP contribution in [0.1, 0.15) is 23.7 Å². The van der Waals surface area contributed by atoms with Gasteiger partial charge in [0.25, 0.3) is 0 Å². The number of hydrogen-bond acceptors (Lipinski definition) is 5. The largest absolute Gasteiger partial charge is 0.466 e. The summed E-state index contributed by atoms with van der Waals surface area (Å²) in [6.45, 7) is 0. The fraction of sp³-hybridized carbons (Fsp3) is 0.450. The number of carbonyl (C=O) groups is 1. The Labute approximate surface area is 162 Å². The summed E-state index contributed by atoms with van der Waals surface area (Å²) in [4.78, 5) is 14.8. The molecular weight excluding hydrogens is 364 g/mol. The van der Waals surface area contributed by atoms with E-state index in [1.807, 2.05) is 29.7 Å². The maximum absolute atomic E-state index is 12.6. The minimum absolute atomic E-state index is 0.122. The summed E-state index contributed by atoms with van der Waals surface area (Å²) in [6, 6.07) is 8.92. The minimum atomic E-state index is -0.213. The van der Waals surface area contributed by atoms with Gasteiger partial charge in [0.05, 0.1) is 24.4 Å². The quantitative estimate of drug-likeness (QED) is 0.584. The predicted octanol–water partition coefficient (Wildman–Crippen LogP) is 4.12. The van der Waals surface area contributed by atoms with Gasteiger partial charge in [0.1, 0.15) is 4.08 Å². The number of aryl methyl sites for hydroxylation is 1. The van der Waals surface area contributed by atoms with Crippen LogP contribution in [0.2, 0.25) is 0 Å². The van der Waals surface area contributed by atoms with Gasteiger partial charge in [-0.1, -0.05) is 18.2 Å². The average molecular weight is 389 g/mol. The second-order valence-corrected chi connectivity index (χ2v) is 9.32. The van der Waals surface area contributed by atoms with Crippen LogP contribution in [0.5, 0.6) is 0 Å². The zero-order valence-electron chi connectivity index (χ0n) is 15.8. The summed E-state index contributed by atoms with van der Waals surface area (Å²) in [5.74, 6) is -0.0911. The second kappa shape index (κ2) is 6.27. The van der Waals surface area contributed by atoms with E-state index in [1.165, 1.54) is 29.3 Å². The van der Waals surface area contributed by atoms with Crippen molar-refractivity contribution in [2.45, 2.75) is 16.5 Å². The van der Waals surface area contributed by atoms with E-state index < -0.39 is 0 Å². The van der Waals surface area contributed by atoms with Gasteiger partial charge in [-0.05, 0) is 25.0 Å². The summed E-state index contributed by atoms with van der Waals surface area (Å²) in [7, 11) is 5.70. The highest BCUT2D eigenvalue weighted by atomic mass is 32.2. The molecule has 2 aliphatic rings. The first-order chi connectivity index (χ1) is 12.5. The van der Waals surface area contributed by atoms with Gasteiger partial charge in [-0.3, -0.25) is 0 Å². The molecule has 0 saturated heterocycles. The van der Waals surface area contributed by atoms with Crippen molar-refractivity contribution in [2.75, 3.05) is 26.7 Å². The van der Waals surface area contributed by atoms with Crippen LogP contribution < -0.4 is 0 Å². The number of thioether (sulfide) groups is 2. The van der Waals surface area contributed by atoms with Crippen molar-refractivity contribution in [1.29, 1.82) is 0 Å². The Morgan fingerprint density at radius 2 is 1.92 bits per heavy atom. The highest BCUT2D eigenvalue weighted by molar-refractivity contribution is 8.16. The molecule has 26 heavy (non-hydrogen) atoms. The number of fused-ring (bicyclic) bond motifs is 6.